The van der Waals surface area contributed by atoms with E-state index in [2.05, 4.69) is 10.3 Å². The third kappa shape index (κ3) is 4.81. The first-order valence-electron chi connectivity index (χ1n) is 6.62. The number of nitrogens with zero attached hydrogens (tertiary/aromatic N) is 1. The summed E-state index contributed by atoms with van der Waals surface area (Å²) in [7, 11) is 0. The number of aliphatic hydroxyl groups is 3. The molecule has 1 aliphatic heterocycles. The van der Waals surface area contributed by atoms with Crippen molar-refractivity contribution in [2.75, 3.05) is 6.61 Å². The fourth-order valence-electron chi connectivity index (χ4n) is 2.14. The largest absolute Gasteiger partial charge is 0.478 e. The van der Waals surface area contributed by atoms with Crippen LogP contribution in [0.5, 0.6) is 0 Å². The van der Waals surface area contributed by atoms with Crippen molar-refractivity contribution >= 4 is 17.8 Å². The number of nitrogens with two attached hydrogens (primary N) is 2. The lowest BCUT2D eigenvalue weighted by molar-refractivity contribution is -0.145. The molecule has 5 atom stereocenters. The molecule has 0 aromatic rings. The number of hydrogen-bond donors (Lipinski definition) is 7. The van der Waals surface area contributed by atoms with Crippen LogP contribution in [0.25, 0.3) is 0 Å². The number of nitrogens with one attached hydrogen (secondary N) is 1. The zero-order chi connectivity index (χ0) is 17.7. The summed E-state index contributed by atoms with van der Waals surface area (Å²) in [6.45, 7) is 0.391. The standard InChI is InChI=1S/C12H20N4O7/c1-4(18)15-8-5(16-12(13)14)2-7(11(21)22)23-10(8)9(20)6(19)3-17/h2,5-6,8-10,17,19-20H,3H2,1H3,(H,15,18)(H,21,22)(H4,13,14,16)/t5-,6+,8+,9+,10+/m0/s1/i12+2. The minimum absolute atomic E-state index is 0.371. The van der Waals surface area contributed by atoms with Crippen LogP contribution in [0.2, 0.25) is 0 Å². The van der Waals surface area contributed by atoms with Gasteiger partial charge in [-0.15, -0.1) is 0 Å². The van der Waals surface area contributed by atoms with Crippen LogP contribution < -0.4 is 16.8 Å². The monoisotopic (exact) mass is 334 g/mol. The van der Waals surface area contributed by atoms with Gasteiger partial charge in [0.1, 0.15) is 18.3 Å². The Hall–Kier alpha value is -2.37. The molecule has 0 aliphatic carbocycles. The molecule has 0 aromatic carbocycles. The lowest BCUT2D eigenvalue weighted by atomic mass is 9.92. The Labute approximate surface area is 131 Å². The minimum Gasteiger partial charge on any atom is -0.478 e. The predicted molar refractivity (Wildman–Crippen MR) is 76.9 cm³/mol. The summed E-state index contributed by atoms with van der Waals surface area (Å²) in [5, 5.41) is 40.1. The van der Waals surface area contributed by atoms with Crippen molar-refractivity contribution in [1.29, 1.82) is 0 Å². The SMILES string of the molecule is CC(=O)N[C@H]1[C@H]([C@H](O)[C@H](O)CO)OC(C(=O)O)=C[C@@H]1N=[14C](N)N. The number of aliphatic hydroxyl groups excluding tert-OH is 3. The van der Waals surface area contributed by atoms with Crippen LogP contribution >= 0.6 is 0 Å². The molecule has 0 aromatic heterocycles. The zero-order valence-corrected chi connectivity index (χ0v) is 12.3. The smallest absolute Gasteiger partial charge is 0.370 e. The molecular weight excluding hydrogens is 314 g/mol. The molecular formula is C12H20N4O7. The number of carbonyl (C=O) groups is 2. The van der Waals surface area contributed by atoms with Gasteiger partial charge in [-0.25, -0.2) is 9.79 Å². The van der Waals surface area contributed by atoms with Crippen molar-refractivity contribution in [2.45, 2.75) is 37.3 Å². The molecule has 1 aliphatic rings. The molecule has 11 nitrogen and oxygen atoms in total. The first-order valence-corrected chi connectivity index (χ1v) is 6.62. The highest BCUT2D eigenvalue weighted by molar-refractivity contribution is 5.85. The number of rotatable bonds is 6. The lowest BCUT2D eigenvalue weighted by Gasteiger charge is -2.38. The number of carboxylic acids is 1. The summed E-state index contributed by atoms with van der Waals surface area (Å²) in [5.41, 5.74) is 10.6. The normalized spacial score (nSPS) is 26.3. The predicted octanol–water partition coefficient (Wildman–Crippen LogP) is -3.79. The van der Waals surface area contributed by atoms with E-state index in [-0.39, 0.29) is 5.96 Å². The summed E-state index contributed by atoms with van der Waals surface area (Å²) < 4.78 is 5.13. The topological polar surface area (TPSA) is 201 Å². The Morgan fingerprint density at radius 1 is 1.48 bits per heavy atom. The van der Waals surface area contributed by atoms with Crippen molar-refractivity contribution in [3.05, 3.63) is 11.8 Å². The molecule has 0 unspecified atom stereocenters. The highest BCUT2D eigenvalue weighted by atomic mass is 16.5. The molecule has 1 heterocycles. The number of carboxylic acid groups (broad SMARTS) is 1. The molecule has 130 valence electrons. The van der Waals surface area contributed by atoms with Gasteiger partial charge in [-0.3, -0.25) is 4.79 Å². The Morgan fingerprint density at radius 3 is 2.52 bits per heavy atom. The summed E-state index contributed by atoms with van der Waals surface area (Å²) in [6.07, 6.45) is -3.65. The van der Waals surface area contributed by atoms with E-state index in [1.54, 1.807) is 0 Å². The molecule has 1 amide bonds. The lowest BCUT2D eigenvalue weighted by Crippen LogP contribution is -2.59. The second-order valence-corrected chi connectivity index (χ2v) is 4.93. The van der Waals surface area contributed by atoms with E-state index in [1.165, 1.54) is 6.92 Å². The second kappa shape index (κ2) is 7.76. The van der Waals surface area contributed by atoms with Crippen molar-refractivity contribution in [3.63, 3.8) is 0 Å². The molecule has 1 rings (SSSR count). The van der Waals surface area contributed by atoms with Crippen molar-refractivity contribution < 1.29 is 34.8 Å². The molecule has 0 saturated heterocycles. The molecule has 0 fully saturated rings. The van der Waals surface area contributed by atoms with Gasteiger partial charge >= 0.3 is 5.97 Å². The van der Waals surface area contributed by atoms with Gasteiger partial charge < -0.3 is 41.9 Å². The van der Waals surface area contributed by atoms with Gasteiger partial charge in [0, 0.05) is 6.92 Å². The van der Waals surface area contributed by atoms with E-state index in [0.29, 0.717) is 0 Å². The Morgan fingerprint density at radius 2 is 2.09 bits per heavy atom. The van der Waals surface area contributed by atoms with E-state index in [1.807, 2.05) is 0 Å². The van der Waals surface area contributed by atoms with Gasteiger partial charge in [0.05, 0.1) is 18.7 Å². The van der Waals surface area contributed by atoms with E-state index in [4.69, 9.17) is 26.4 Å². The molecule has 0 spiro atoms. The van der Waals surface area contributed by atoms with E-state index >= 15 is 0 Å². The highest BCUT2D eigenvalue weighted by Gasteiger charge is 2.43. The Bertz CT molecular complexity index is 518. The Kier molecular flexibility index (Phi) is 6.30. The number of carbonyl (C=O) groups excluding carboxylic acids is 1. The molecule has 0 bridgehead atoms. The molecule has 11 heteroatoms. The average Bonchev–Trinajstić information content (AvgIpc) is 2.45. The van der Waals surface area contributed by atoms with Gasteiger partial charge in [-0.05, 0) is 6.08 Å². The van der Waals surface area contributed by atoms with Crippen LogP contribution in [0, 0.1) is 0 Å². The number of amides is 1. The van der Waals surface area contributed by atoms with Crippen molar-refractivity contribution in [1.82, 2.24) is 5.32 Å². The number of aliphatic imine (C=N–C) groups is 1. The molecule has 23 heavy (non-hydrogen) atoms. The highest BCUT2D eigenvalue weighted by Crippen LogP contribution is 2.24. The third-order valence-corrected chi connectivity index (χ3v) is 3.10. The van der Waals surface area contributed by atoms with E-state index < -0.39 is 54.6 Å². The fourth-order valence-corrected chi connectivity index (χ4v) is 2.14. The van der Waals surface area contributed by atoms with Gasteiger partial charge in [0.25, 0.3) is 0 Å². The third-order valence-electron chi connectivity index (χ3n) is 3.10. The van der Waals surface area contributed by atoms with Crippen LogP contribution in [0.15, 0.2) is 16.8 Å². The molecule has 0 saturated carbocycles. The molecule has 9 N–H and O–H groups in total. The maximum absolute atomic E-state index is 11.4. The van der Waals surface area contributed by atoms with Crippen LogP contribution in [0.4, 0.5) is 0 Å². The maximum Gasteiger partial charge on any atom is 0.370 e. The molecule has 0 radical (unpaired) electrons. The quantitative estimate of drug-likeness (QED) is 0.188. The van der Waals surface area contributed by atoms with Gasteiger partial charge in [-0.1, -0.05) is 0 Å². The second-order valence-electron chi connectivity index (χ2n) is 4.93. The average molecular weight is 334 g/mol. The van der Waals surface area contributed by atoms with Gasteiger partial charge in [0.2, 0.25) is 11.7 Å². The van der Waals surface area contributed by atoms with E-state index in [9.17, 15) is 19.8 Å². The Balaban J connectivity index is 3.28. The van der Waals surface area contributed by atoms with Gasteiger partial charge in [-0.2, -0.15) is 0 Å². The fraction of sp³-hybridized carbons (Fsp3) is 0.583. The van der Waals surface area contributed by atoms with E-state index in [0.717, 1.165) is 6.08 Å². The summed E-state index contributed by atoms with van der Waals surface area (Å²) >= 11 is 0. The zero-order valence-electron chi connectivity index (χ0n) is 12.3. The van der Waals surface area contributed by atoms with Crippen molar-refractivity contribution in [2.24, 2.45) is 16.5 Å². The van der Waals surface area contributed by atoms with Crippen LogP contribution in [0.1, 0.15) is 6.92 Å². The number of guanidine groups is 1. The number of aliphatic carboxylic acids is 1. The van der Waals surface area contributed by atoms with Gasteiger partial charge in [0.15, 0.2) is 5.96 Å². The number of hydrogen-bond acceptors (Lipinski definition) is 7. The number of ether oxygens (including phenoxy) is 1. The van der Waals surface area contributed by atoms with Crippen molar-refractivity contribution in [3.8, 4) is 0 Å². The van der Waals surface area contributed by atoms with Crippen LogP contribution in [-0.2, 0) is 14.3 Å². The first-order chi connectivity index (χ1) is 10.7. The van der Waals surface area contributed by atoms with Crippen LogP contribution in [0.3, 0.4) is 0 Å². The minimum atomic E-state index is -1.70. The summed E-state index contributed by atoms with van der Waals surface area (Å²) in [4.78, 5) is 26.3. The summed E-state index contributed by atoms with van der Waals surface area (Å²) in [5.74, 6) is -2.89. The van der Waals surface area contributed by atoms with Crippen LogP contribution in [-0.4, -0.2) is 75.3 Å². The maximum atomic E-state index is 11.4. The first kappa shape index (κ1) is 18.7. The summed E-state index contributed by atoms with van der Waals surface area (Å²) in [6, 6.07) is -2.11.